The number of halogens is 1. The van der Waals surface area contributed by atoms with Gasteiger partial charge in [-0.1, -0.05) is 29.8 Å². The van der Waals surface area contributed by atoms with Gasteiger partial charge in [0, 0.05) is 10.7 Å². The molecule has 0 unspecified atom stereocenters. The summed E-state index contributed by atoms with van der Waals surface area (Å²) in [6, 6.07) is 14.5. The van der Waals surface area contributed by atoms with Crippen molar-refractivity contribution in [3.05, 3.63) is 53.6 Å². The number of nitrogens with one attached hydrogen (secondary N) is 1. The van der Waals surface area contributed by atoms with Gasteiger partial charge in [0.15, 0.2) is 0 Å². The summed E-state index contributed by atoms with van der Waals surface area (Å²) < 4.78 is 0. The molecule has 0 radical (unpaired) electrons. The highest BCUT2D eigenvalue weighted by Gasteiger charge is 2.26. The Morgan fingerprint density at radius 1 is 1.05 bits per heavy atom. The highest BCUT2D eigenvalue weighted by Crippen LogP contribution is 2.35. The number of nitrogens with zero attached hydrogens (tertiary/aromatic N) is 1. The molecule has 0 atom stereocenters. The Labute approximate surface area is 121 Å². The number of amides is 1. The van der Waals surface area contributed by atoms with Crippen LogP contribution in [0, 0.1) is 0 Å². The molecule has 2 aromatic rings. The maximum absolute atomic E-state index is 11.9. The summed E-state index contributed by atoms with van der Waals surface area (Å²) in [6.45, 7) is -0.0107. The lowest BCUT2D eigenvalue weighted by Crippen LogP contribution is -2.29. The Morgan fingerprint density at radius 2 is 1.80 bits per heavy atom. The third-order valence-electron chi connectivity index (χ3n) is 3.12. The molecule has 20 heavy (non-hydrogen) atoms. The van der Waals surface area contributed by atoms with Gasteiger partial charge in [-0.25, -0.2) is 0 Å². The molecule has 0 saturated carbocycles. The second kappa shape index (κ2) is 4.98. The van der Waals surface area contributed by atoms with Gasteiger partial charge in [-0.2, -0.15) is 0 Å². The average Bonchev–Trinajstić information content (AvgIpc) is 2.58. The van der Waals surface area contributed by atoms with Crippen LogP contribution in [0.15, 0.2) is 48.5 Å². The first-order valence-electron chi connectivity index (χ1n) is 6.11. The van der Waals surface area contributed by atoms with Crippen molar-refractivity contribution in [2.45, 2.75) is 0 Å². The number of fused-ring (bicyclic) bond motifs is 1. The maximum atomic E-state index is 11.9. The first kappa shape index (κ1) is 12.7. The normalized spacial score (nSPS) is 14.6. The topological polar surface area (TPSA) is 49.4 Å². The van der Waals surface area contributed by atoms with Crippen molar-refractivity contribution in [3.8, 4) is 0 Å². The molecular formula is C15H11ClN2O2. The summed E-state index contributed by atoms with van der Waals surface area (Å²) in [5, 5.41) is 3.16. The minimum Gasteiger partial charge on any atom is -0.332 e. The zero-order valence-electron chi connectivity index (χ0n) is 10.5. The molecule has 0 spiro atoms. The third kappa shape index (κ3) is 2.26. The molecule has 1 heterocycles. The third-order valence-corrected chi connectivity index (χ3v) is 3.36. The quantitative estimate of drug-likeness (QED) is 0.820. The van der Waals surface area contributed by atoms with Crippen LogP contribution in [0.25, 0.3) is 0 Å². The van der Waals surface area contributed by atoms with E-state index in [0.29, 0.717) is 16.4 Å². The summed E-state index contributed by atoms with van der Waals surface area (Å²) in [7, 11) is 0. The van der Waals surface area contributed by atoms with Crippen molar-refractivity contribution in [2.75, 3.05) is 16.8 Å². The fraction of sp³-hybridized carbons (Fsp3) is 0.0667. The van der Waals surface area contributed by atoms with Crippen LogP contribution >= 0.6 is 11.6 Å². The first-order valence-corrected chi connectivity index (χ1v) is 6.49. The summed E-state index contributed by atoms with van der Waals surface area (Å²) in [6.07, 6.45) is 0. The van der Waals surface area contributed by atoms with Crippen LogP contribution in [0.1, 0.15) is 0 Å². The van der Waals surface area contributed by atoms with Gasteiger partial charge >= 0.3 is 0 Å². The van der Waals surface area contributed by atoms with E-state index in [4.69, 9.17) is 11.6 Å². The lowest BCUT2D eigenvalue weighted by Gasteiger charge is -2.23. The van der Waals surface area contributed by atoms with E-state index in [-0.39, 0.29) is 6.54 Å². The van der Waals surface area contributed by atoms with Gasteiger partial charge in [0.05, 0.1) is 17.9 Å². The summed E-state index contributed by atoms with van der Waals surface area (Å²) in [4.78, 5) is 25.4. The van der Waals surface area contributed by atoms with E-state index in [0.717, 1.165) is 5.69 Å². The van der Waals surface area contributed by atoms with Crippen molar-refractivity contribution < 1.29 is 9.59 Å². The minimum absolute atomic E-state index is 0.0107. The molecule has 4 nitrogen and oxygen atoms in total. The number of Topliss-reactive ketones (excluding diaryl/α,β-unsaturated/α-hetero) is 1. The predicted molar refractivity (Wildman–Crippen MR) is 78.5 cm³/mol. The number of hydrogen-bond donors (Lipinski definition) is 1. The van der Waals surface area contributed by atoms with Crippen LogP contribution in [-0.4, -0.2) is 18.2 Å². The Morgan fingerprint density at radius 3 is 2.55 bits per heavy atom. The molecular weight excluding hydrogens is 276 g/mol. The molecule has 2 aromatic carbocycles. The van der Waals surface area contributed by atoms with E-state index in [1.54, 1.807) is 23.1 Å². The lowest BCUT2D eigenvalue weighted by molar-refractivity contribution is -0.133. The molecule has 0 fully saturated rings. The number of benzene rings is 2. The lowest BCUT2D eigenvalue weighted by atomic mass is 10.2. The van der Waals surface area contributed by atoms with Gasteiger partial charge in [-0.05, 0) is 30.3 Å². The van der Waals surface area contributed by atoms with Gasteiger partial charge in [0.2, 0.25) is 5.78 Å². The van der Waals surface area contributed by atoms with Gasteiger partial charge in [-0.3, -0.25) is 9.59 Å². The fourth-order valence-corrected chi connectivity index (χ4v) is 2.33. The van der Waals surface area contributed by atoms with E-state index >= 15 is 0 Å². The molecule has 1 N–H and O–H groups in total. The van der Waals surface area contributed by atoms with Crippen molar-refractivity contribution in [1.29, 1.82) is 0 Å². The van der Waals surface area contributed by atoms with Crippen LogP contribution in [0.5, 0.6) is 0 Å². The van der Waals surface area contributed by atoms with Crippen molar-refractivity contribution in [1.82, 2.24) is 0 Å². The molecule has 100 valence electrons. The molecule has 1 amide bonds. The molecule has 1 aliphatic rings. The van der Waals surface area contributed by atoms with E-state index < -0.39 is 11.7 Å². The number of carbonyl (C=O) groups is 2. The Kier molecular flexibility index (Phi) is 3.16. The predicted octanol–water partition coefficient (Wildman–Crippen LogP) is 3.00. The highest BCUT2D eigenvalue weighted by molar-refractivity contribution is 6.43. The van der Waals surface area contributed by atoms with Crippen molar-refractivity contribution in [3.63, 3.8) is 0 Å². The smallest absolute Gasteiger partial charge is 0.293 e. The SMILES string of the molecule is O=C1CN(c2ccccc2)c2cc(Cl)ccc2NC1=O. The summed E-state index contributed by atoms with van der Waals surface area (Å²) in [5.41, 5.74) is 2.12. The molecule has 3 rings (SSSR count). The summed E-state index contributed by atoms with van der Waals surface area (Å²) in [5.74, 6) is -1.09. The maximum Gasteiger partial charge on any atom is 0.293 e. The van der Waals surface area contributed by atoms with E-state index in [2.05, 4.69) is 5.32 Å². The minimum atomic E-state index is -0.605. The van der Waals surface area contributed by atoms with Crippen LogP contribution in [0.4, 0.5) is 17.1 Å². The van der Waals surface area contributed by atoms with Gasteiger partial charge in [0.1, 0.15) is 0 Å². The second-order valence-electron chi connectivity index (χ2n) is 4.46. The standard InChI is InChI=1S/C15H11ClN2O2/c16-10-6-7-12-13(8-10)18(9-14(19)15(20)17-12)11-4-2-1-3-5-11/h1-8H,9H2,(H,17,20). The number of anilines is 3. The molecule has 0 aromatic heterocycles. The zero-order valence-corrected chi connectivity index (χ0v) is 11.2. The van der Waals surface area contributed by atoms with Crippen LogP contribution < -0.4 is 10.2 Å². The average molecular weight is 287 g/mol. The number of para-hydroxylation sites is 1. The van der Waals surface area contributed by atoms with E-state index in [9.17, 15) is 9.59 Å². The number of hydrogen-bond acceptors (Lipinski definition) is 3. The van der Waals surface area contributed by atoms with Crippen molar-refractivity contribution in [2.24, 2.45) is 0 Å². The fourth-order valence-electron chi connectivity index (χ4n) is 2.16. The molecule has 0 aliphatic carbocycles. The van der Waals surface area contributed by atoms with Crippen LogP contribution in [0.3, 0.4) is 0 Å². The molecule has 0 saturated heterocycles. The largest absolute Gasteiger partial charge is 0.332 e. The zero-order chi connectivity index (χ0) is 14.1. The van der Waals surface area contributed by atoms with Crippen LogP contribution in [-0.2, 0) is 9.59 Å². The Bertz CT molecular complexity index is 686. The Hall–Kier alpha value is -2.33. The van der Waals surface area contributed by atoms with Crippen molar-refractivity contribution >= 4 is 40.4 Å². The molecule has 5 heteroatoms. The highest BCUT2D eigenvalue weighted by atomic mass is 35.5. The van der Waals surface area contributed by atoms with Gasteiger partial charge in [-0.15, -0.1) is 0 Å². The van der Waals surface area contributed by atoms with Gasteiger partial charge < -0.3 is 10.2 Å². The van der Waals surface area contributed by atoms with Gasteiger partial charge in [0.25, 0.3) is 5.91 Å². The number of ketones is 1. The first-order chi connectivity index (χ1) is 9.65. The summed E-state index contributed by atoms with van der Waals surface area (Å²) >= 11 is 6.03. The molecule has 1 aliphatic heterocycles. The second-order valence-corrected chi connectivity index (χ2v) is 4.90. The van der Waals surface area contributed by atoms with Crippen LogP contribution in [0.2, 0.25) is 5.02 Å². The number of rotatable bonds is 1. The monoisotopic (exact) mass is 286 g/mol. The Balaban J connectivity index is 2.16. The molecule has 0 bridgehead atoms. The number of carbonyl (C=O) groups excluding carboxylic acids is 2. The van der Waals surface area contributed by atoms with E-state index in [1.807, 2.05) is 30.3 Å². The van der Waals surface area contributed by atoms with E-state index in [1.165, 1.54) is 0 Å².